The van der Waals surface area contributed by atoms with Crippen LogP contribution in [0.15, 0.2) is 43.1 Å². The van der Waals surface area contributed by atoms with Crippen LogP contribution >= 0.6 is 12.2 Å². The highest BCUT2D eigenvalue weighted by Gasteiger charge is 2.30. The molecular formula is C24H32N4O4S. The Hall–Kier alpha value is -3.33. The third kappa shape index (κ3) is 7.08. The van der Waals surface area contributed by atoms with Crippen molar-refractivity contribution < 1.29 is 19.0 Å². The number of benzene rings is 1. The maximum atomic E-state index is 12.2. The number of amides is 1. The molecule has 33 heavy (non-hydrogen) atoms. The zero-order valence-corrected chi connectivity index (χ0v) is 20.8. The Balaban J connectivity index is 2.62. The SMILES string of the molecule is C=CC(=O)Nc1cc(OC)c(OC)c(OC)c1C(CC(C)(C)C)NC(=S)Nc1ccccn1. The minimum atomic E-state index is -0.366. The van der Waals surface area contributed by atoms with Crippen molar-refractivity contribution in [2.45, 2.75) is 33.2 Å². The molecule has 0 aliphatic carbocycles. The topological polar surface area (TPSA) is 93.7 Å². The van der Waals surface area contributed by atoms with E-state index in [1.807, 2.05) is 18.2 Å². The molecule has 2 rings (SSSR count). The molecule has 0 spiro atoms. The Kier molecular flexibility index (Phi) is 9.04. The first-order valence-electron chi connectivity index (χ1n) is 10.4. The van der Waals surface area contributed by atoms with Gasteiger partial charge in [0.25, 0.3) is 0 Å². The maximum Gasteiger partial charge on any atom is 0.247 e. The first kappa shape index (κ1) is 25.9. The van der Waals surface area contributed by atoms with E-state index in [0.29, 0.717) is 45.9 Å². The van der Waals surface area contributed by atoms with Gasteiger partial charge >= 0.3 is 0 Å². The molecular weight excluding hydrogens is 440 g/mol. The van der Waals surface area contributed by atoms with E-state index in [0.717, 1.165) is 0 Å². The number of thiocarbonyl (C=S) groups is 1. The molecule has 1 aromatic heterocycles. The lowest BCUT2D eigenvalue weighted by molar-refractivity contribution is -0.111. The second-order valence-electron chi connectivity index (χ2n) is 8.43. The van der Waals surface area contributed by atoms with Gasteiger partial charge in [0.15, 0.2) is 16.6 Å². The molecule has 0 saturated carbocycles. The predicted octanol–water partition coefficient (Wildman–Crippen LogP) is 4.70. The van der Waals surface area contributed by atoms with E-state index in [2.05, 4.69) is 48.3 Å². The fraction of sp³-hybridized carbons (Fsp3) is 0.375. The highest BCUT2D eigenvalue weighted by atomic mass is 32.1. The third-order valence-corrected chi connectivity index (χ3v) is 4.91. The van der Waals surface area contributed by atoms with Crippen LogP contribution in [0.4, 0.5) is 11.5 Å². The van der Waals surface area contributed by atoms with Crippen LogP contribution in [0.1, 0.15) is 38.8 Å². The molecule has 0 saturated heterocycles. The van der Waals surface area contributed by atoms with Crippen LogP contribution in [0.25, 0.3) is 0 Å². The first-order chi connectivity index (χ1) is 15.6. The molecule has 1 amide bonds. The lowest BCUT2D eigenvalue weighted by Gasteiger charge is -2.31. The Morgan fingerprint density at radius 2 is 1.85 bits per heavy atom. The zero-order valence-electron chi connectivity index (χ0n) is 19.9. The number of carbonyl (C=O) groups is 1. The van der Waals surface area contributed by atoms with Crippen LogP contribution < -0.4 is 30.2 Å². The van der Waals surface area contributed by atoms with Crippen molar-refractivity contribution in [3.05, 3.63) is 48.7 Å². The van der Waals surface area contributed by atoms with E-state index >= 15 is 0 Å². The number of pyridine rings is 1. The minimum absolute atomic E-state index is 0.101. The van der Waals surface area contributed by atoms with E-state index in [1.165, 1.54) is 20.3 Å². The molecule has 1 atom stereocenters. The van der Waals surface area contributed by atoms with Crippen molar-refractivity contribution in [3.8, 4) is 17.2 Å². The first-order valence-corrected chi connectivity index (χ1v) is 10.8. The van der Waals surface area contributed by atoms with E-state index in [-0.39, 0.29) is 17.4 Å². The fourth-order valence-electron chi connectivity index (χ4n) is 3.40. The summed E-state index contributed by atoms with van der Waals surface area (Å²) in [7, 11) is 4.59. The molecule has 8 nitrogen and oxygen atoms in total. The molecule has 9 heteroatoms. The number of aromatic nitrogens is 1. The average molecular weight is 473 g/mol. The standard InChI is InChI=1S/C24H32N4O4S/c1-8-19(29)26-15-13-17(30-5)21(31-6)22(32-7)20(15)16(14-24(2,3)4)27-23(33)28-18-11-9-10-12-25-18/h8-13,16H,1,14H2,2-7H3,(H,26,29)(H2,25,27,28,33). The summed E-state index contributed by atoms with van der Waals surface area (Å²) >= 11 is 5.58. The number of ether oxygens (including phenoxy) is 3. The minimum Gasteiger partial charge on any atom is -0.493 e. The monoisotopic (exact) mass is 472 g/mol. The van der Waals surface area contributed by atoms with Crippen molar-refractivity contribution in [2.75, 3.05) is 32.0 Å². The van der Waals surface area contributed by atoms with Gasteiger partial charge in [-0.05, 0) is 42.3 Å². The summed E-state index contributed by atoms with van der Waals surface area (Å²) in [5.74, 6) is 1.51. The van der Waals surface area contributed by atoms with Crippen LogP contribution in [-0.4, -0.2) is 37.3 Å². The summed E-state index contributed by atoms with van der Waals surface area (Å²) in [6.45, 7) is 9.90. The lowest BCUT2D eigenvalue weighted by atomic mass is 9.84. The molecule has 178 valence electrons. The van der Waals surface area contributed by atoms with Crippen molar-refractivity contribution in [2.24, 2.45) is 5.41 Å². The Morgan fingerprint density at radius 3 is 2.36 bits per heavy atom. The average Bonchev–Trinajstić information content (AvgIpc) is 2.77. The fourth-order valence-corrected chi connectivity index (χ4v) is 3.64. The molecule has 2 aromatic rings. The van der Waals surface area contributed by atoms with E-state index in [9.17, 15) is 4.79 Å². The van der Waals surface area contributed by atoms with Gasteiger partial charge in [0, 0.05) is 17.8 Å². The molecule has 1 unspecified atom stereocenters. The van der Waals surface area contributed by atoms with Gasteiger partial charge in [-0.25, -0.2) is 4.98 Å². The number of hydrogen-bond donors (Lipinski definition) is 3. The normalized spacial score (nSPS) is 11.7. The number of carbonyl (C=O) groups excluding carboxylic acids is 1. The van der Waals surface area contributed by atoms with Gasteiger partial charge in [0.2, 0.25) is 11.7 Å². The third-order valence-electron chi connectivity index (χ3n) is 4.69. The molecule has 0 bridgehead atoms. The number of hydrogen-bond acceptors (Lipinski definition) is 6. The number of nitrogens with one attached hydrogen (secondary N) is 3. The zero-order chi connectivity index (χ0) is 24.6. The van der Waals surface area contributed by atoms with E-state index in [4.69, 9.17) is 26.4 Å². The lowest BCUT2D eigenvalue weighted by Crippen LogP contribution is -2.35. The van der Waals surface area contributed by atoms with Gasteiger partial charge in [0.05, 0.1) is 33.1 Å². The number of methoxy groups -OCH3 is 3. The Morgan fingerprint density at radius 1 is 1.15 bits per heavy atom. The van der Waals surface area contributed by atoms with E-state index in [1.54, 1.807) is 19.4 Å². The van der Waals surface area contributed by atoms with Gasteiger partial charge in [-0.3, -0.25) is 4.79 Å². The largest absolute Gasteiger partial charge is 0.493 e. The van der Waals surface area contributed by atoms with Gasteiger partial charge in [-0.1, -0.05) is 33.4 Å². The summed E-state index contributed by atoms with van der Waals surface area (Å²) < 4.78 is 16.8. The molecule has 0 aliphatic rings. The molecule has 0 aliphatic heterocycles. The van der Waals surface area contributed by atoms with Gasteiger partial charge in [0.1, 0.15) is 5.82 Å². The van der Waals surface area contributed by atoms with Crippen molar-refractivity contribution >= 4 is 34.7 Å². The molecule has 0 radical (unpaired) electrons. The summed E-state index contributed by atoms with van der Waals surface area (Å²) in [5, 5.41) is 9.69. The van der Waals surface area contributed by atoms with Gasteiger partial charge in [-0.15, -0.1) is 0 Å². The highest BCUT2D eigenvalue weighted by molar-refractivity contribution is 7.80. The van der Waals surface area contributed by atoms with Crippen LogP contribution in [-0.2, 0) is 4.79 Å². The Bertz CT molecular complexity index is 990. The van der Waals surface area contributed by atoms with Gasteiger partial charge < -0.3 is 30.2 Å². The predicted molar refractivity (Wildman–Crippen MR) is 135 cm³/mol. The van der Waals surface area contributed by atoms with Crippen LogP contribution in [0, 0.1) is 5.41 Å². The quantitative estimate of drug-likeness (QED) is 0.357. The smallest absolute Gasteiger partial charge is 0.247 e. The summed E-state index contributed by atoms with van der Waals surface area (Å²) in [5.41, 5.74) is 1.07. The Labute approximate surface area is 200 Å². The van der Waals surface area contributed by atoms with Crippen LogP contribution in [0.5, 0.6) is 17.2 Å². The molecule has 1 aromatic carbocycles. The molecule has 3 N–H and O–H groups in total. The van der Waals surface area contributed by atoms with Crippen molar-refractivity contribution in [3.63, 3.8) is 0 Å². The highest BCUT2D eigenvalue weighted by Crippen LogP contribution is 2.48. The summed E-state index contributed by atoms with van der Waals surface area (Å²) in [6.07, 6.45) is 3.53. The number of rotatable bonds is 9. The van der Waals surface area contributed by atoms with E-state index < -0.39 is 0 Å². The van der Waals surface area contributed by atoms with Crippen molar-refractivity contribution in [1.29, 1.82) is 0 Å². The summed E-state index contributed by atoms with van der Waals surface area (Å²) in [4.78, 5) is 16.5. The second-order valence-corrected chi connectivity index (χ2v) is 8.84. The molecule has 0 fully saturated rings. The number of anilines is 2. The molecule has 1 heterocycles. The maximum absolute atomic E-state index is 12.2. The van der Waals surface area contributed by atoms with Gasteiger partial charge in [-0.2, -0.15) is 0 Å². The van der Waals surface area contributed by atoms with Crippen molar-refractivity contribution in [1.82, 2.24) is 10.3 Å². The second kappa shape index (κ2) is 11.5. The number of nitrogens with zero attached hydrogens (tertiary/aromatic N) is 1. The van der Waals surface area contributed by atoms with Crippen LogP contribution in [0.2, 0.25) is 0 Å². The van der Waals surface area contributed by atoms with Crippen LogP contribution in [0.3, 0.4) is 0 Å². The summed E-state index contributed by atoms with van der Waals surface area (Å²) in [6, 6.07) is 6.85.